The molecule has 1 amide bonds. The second kappa shape index (κ2) is 10.3. The van der Waals surface area contributed by atoms with Gasteiger partial charge in [-0.1, -0.05) is 0 Å². The van der Waals surface area contributed by atoms with Gasteiger partial charge in [0.15, 0.2) is 0 Å². The number of anilines is 1. The largest absolute Gasteiger partial charge is 0.455 e. The highest BCUT2D eigenvalue weighted by Crippen LogP contribution is 2.24. The number of hydrazone groups is 1. The quantitative estimate of drug-likeness (QED) is 0.228. The van der Waals surface area contributed by atoms with Gasteiger partial charge in [0.1, 0.15) is 17.3 Å². The number of hydrogen-bond acceptors (Lipinski definition) is 8. The van der Waals surface area contributed by atoms with E-state index in [0.29, 0.717) is 22.6 Å². The van der Waals surface area contributed by atoms with Crippen LogP contribution < -0.4 is 10.1 Å². The Morgan fingerprint density at radius 3 is 2.58 bits per heavy atom. The van der Waals surface area contributed by atoms with E-state index in [1.54, 1.807) is 42.5 Å². The molecular weight excluding hydrogens is 506 g/mol. The van der Waals surface area contributed by atoms with Crippen LogP contribution in [0, 0.1) is 6.92 Å². The summed E-state index contributed by atoms with van der Waals surface area (Å²) >= 11 is 0. The Kier molecular flexibility index (Phi) is 6.71. The molecule has 0 saturated carbocycles. The summed E-state index contributed by atoms with van der Waals surface area (Å²) < 4.78 is 35.3. The van der Waals surface area contributed by atoms with Crippen molar-refractivity contribution in [1.29, 1.82) is 0 Å². The molecule has 3 aromatic heterocycles. The van der Waals surface area contributed by atoms with Gasteiger partial charge in [-0.05, 0) is 74.5 Å². The molecule has 0 spiro atoms. The van der Waals surface area contributed by atoms with E-state index >= 15 is 0 Å². The third kappa shape index (κ3) is 5.15. The van der Waals surface area contributed by atoms with Gasteiger partial charge in [0.25, 0.3) is 15.9 Å². The lowest BCUT2D eigenvalue weighted by Gasteiger charge is -2.06. The van der Waals surface area contributed by atoms with Crippen molar-refractivity contribution >= 4 is 39.1 Å². The lowest BCUT2D eigenvalue weighted by atomic mass is 10.2. The predicted molar refractivity (Wildman–Crippen MR) is 142 cm³/mol. The van der Waals surface area contributed by atoms with E-state index in [-0.39, 0.29) is 16.8 Å². The summed E-state index contributed by atoms with van der Waals surface area (Å²) in [5.74, 6) is 1.42. The van der Waals surface area contributed by atoms with Gasteiger partial charge in [0, 0.05) is 30.1 Å². The fourth-order valence-electron chi connectivity index (χ4n) is 3.92. The van der Waals surface area contributed by atoms with Crippen LogP contribution in [0.15, 0.2) is 87.5 Å². The topological polar surface area (TPSA) is 144 Å². The van der Waals surface area contributed by atoms with Crippen molar-refractivity contribution in [2.75, 3.05) is 4.72 Å². The van der Waals surface area contributed by atoms with Crippen LogP contribution in [0.25, 0.3) is 22.4 Å². The number of sulfonamides is 1. The molecule has 2 N–H and O–H groups in total. The van der Waals surface area contributed by atoms with Gasteiger partial charge in [0.05, 0.1) is 22.1 Å². The van der Waals surface area contributed by atoms with E-state index in [9.17, 15) is 13.2 Å². The molecule has 12 heteroatoms. The second-order valence-corrected chi connectivity index (χ2v) is 9.89. The Morgan fingerprint density at radius 1 is 1.08 bits per heavy atom. The van der Waals surface area contributed by atoms with Crippen LogP contribution in [0.5, 0.6) is 0 Å². The van der Waals surface area contributed by atoms with Crippen LogP contribution in [0.4, 0.5) is 5.95 Å². The lowest BCUT2D eigenvalue weighted by molar-refractivity contribution is 0.0955. The Hall–Kier alpha value is -4.84. The number of fused-ring (bicyclic) bond motifs is 1. The first-order valence-electron chi connectivity index (χ1n) is 11.6. The molecule has 0 saturated heterocycles. The van der Waals surface area contributed by atoms with Gasteiger partial charge < -0.3 is 8.98 Å². The van der Waals surface area contributed by atoms with Gasteiger partial charge in [-0.3, -0.25) is 4.79 Å². The first kappa shape index (κ1) is 24.8. The number of amides is 1. The Balaban J connectivity index is 1.23. The van der Waals surface area contributed by atoms with Crippen molar-refractivity contribution in [3.63, 3.8) is 0 Å². The van der Waals surface area contributed by atoms with Crippen LogP contribution in [0.1, 0.15) is 28.9 Å². The fraction of sp³-hybridized carbons (Fsp3) is 0.115. The number of furan rings is 1. The zero-order valence-electron chi connectivity index (χ0n) is 20.5. The van der Waals surface area contributed by atoms with Crippen LogP contribution in [0.3, 0.4) is 0 Å². The minimum Gasteiger partial charge on any atom is -0.455 e. The van der Waals surface area contributed by atoms with Crippen LogP contribution in [0.2, 0.25) is 0 Å². The molecule has 0 aliphatic rings. The molecule has 11 nitrogen and oxygen atoms in total. The SMILES string of the molecule is CCn1c(C)nc2cc(C(=O)N/N=C/c3ccc(-c4ccc(S(=O)(=O)Nc5ncccn5)cc4)o3)ccc21. The Bertz CT molecular complexity index is 1740. The maximum absolute atomic E-state index is 12.6. The minimum absolute atomic E-state index is 0.0125. The van der Waals surface area contributed by atoms with Crippen molar-refractivity contribution in [3.8, 4) is 11.3 Å². The maximum Gasteiger partial charge on any atom is 0.271 e. The summed E-state index contributed by atoms with van der Waals surface area (Å²) in [5, 5.41) is 3.99. The molecule has 38 heavy (non-hydrogen) atoms. The van der Waals surface area contributed by atoms with Crippen LogP contribution >= 0.6 is 0 Å². The number of imidazole rings is 1. The molecule has 3 heterocycles. The highest BCUT2D eigenvalue weighted by Gasteiger charge is 2.16. The molecule has 0 radical (unpaired) electrons. The van der Waals surface area contributed by atoms with Crippen molar-refractivity contribution in [1.82, 2.24) is 24.9 Å². The molecule has 0 aliphatic carbocycles. The number of carbonyl (C=O) groups excluding carboxylic acids is 1. The summed E-state index contributed by atoms with van der Waals surface area (Å²) in [4.78, 5) is 24.8. The third-order valence-electron chi connectivity index (χ3n) is 5.74. The summed E-state index contributed by atoms with van der Waals surface area (Å²) in [7, 11) is -3.84. The van der Waals surface area contributed by atoms with E-state index in [0.717, 1.165) is 23.4 Å². The molecule has 192 valence electrons. The second-order valence-electron chi connectivity index (χ2n) is 8.21. The van der Waals surface area contributed by atoms with E-state index in [4.69, 9.17) is 4.42 Å². The van der Waals surface area contributed by atoms with Crippen molar-refractivity contribution in [3.05, 3.63) is 90.2 Å². The van der Waals surface area contributed by atoms with Crippen molar-refractivity contribution in [2.24, 2.45) is 5.10 Å². The number of nitrogens with zero attached hydrogens (tertiary/aromatic N) is 5. The summed E-state index contributed by atoms with van der Waals surface area (Å²) in [6, 6.07) is 16.5. The number of rotatable bonds is 8. The van der Waals surface area contributed by atoms with Gasteiger partial charge in [-0.15, -0.1) is 0 Å². The lowest BCUT2D eigenvalue weighted by Crippen LogP contribution is -2.17. The highest BCUT2D eigenvalue weighted by molar-refractivity contribution is 7.92. The van der Waals surface area contributed by atoms with Gasteiger partial charge in [0.2, 0.25) is 5.95 Å². The molecule has 0 aliphatic heterocycles. The average Bonchev–Trinajstić information content (AvgIpc) is 3.52. The van der Waals surface area contributed by atoms with Crippen molar-refractivity contribution in [2.45, 2.75) is 25.3 Å². The monoisotopic (exact) mass is 529 g/mol. The smallest absolute Gasteiger partial charge is 0.271 e. The van der Waals surface area contributed by atoms with Gasteiger partial charge >= 0.3 is 0 Å². The van der Waals surface area contributed by atoms with Crippen molar-refractivity contribution < 1.29 is 17.6 Å². The molecule has 5 aromatic rings. The van der Waals surface area contributed by atoms with E-state index in [2.05, 4.69) is 34.8 Å². The number of aromatic nitrogens is 4. The molecule has 5 rings (SSSR count). The minimum atomic E-state index is -3.84. The number of benzene rings is 2. The zero-order valence-corrected chi connectivity index (χ0v) is 21.3. The van der Waals surface area contributed by atoms with E-state index in [1.807, 2.05) is 19.9 Å². The summed E-state index contributed by atoms with van der Waals surface area (Å²) in [6.07, 6.45) is 4.28. The zero-order chi connectivity index (χ0) is 26.7. The normalized spacial score (nSPS) is 11.7. The number of hydrogen-bond donors (Lipinski definition) is 2. The summed E-state index contributed by atoms with van der Waals surface area (Å²) in [6.45, 7) is 4.77. The molecule has 0 unspecified atom stereocenters. The summed E-state index contributed by atoms with van der Waals surface area (Å²) in [5.41, 5.74) is 5.32. The standard InChI is InChI=1S/C26H23N7O4S/c1-3-33-17(2)30-22-15-19(7-11-23(22)33)25(34)31-29-16-20-8-12-24(37-20)18-5-9-21(10-6-18)38(35,36)32-26-27-13-4-14-28-26/h4-16H,3H2,1-2H3,(H,31,34)(H,27,28,32)/b29-16+. The first-order valence-corrected chi connectivity index (χ1v) is 13.1. The molecule has 0 atom stereocenters. The van der Waals surface area contributed by atoms with Gasteiger partial charge in [-0.2, -0.15) is 5.10 Å². The maximum atomic E-state index is 12.6. The van der Waals surface area contributed by atoms with E-state index < -0.39 is 10.0 Å². The number of carbonyl (C=O) groups is 1. The van der Waals surface area contributed by atoms with E-state index in [1.165, 1.54) is 30.7 Å². The van der Waals surface area contributed by atoms with Crippen LogP contribution in [-0.2, 0) is 16.6 Å². The fourth-order valence-corrected chi connectivity index (χ4v) is 4.87. The molecular formula is C26H23N7O4S. The van der Waals surface area contributed by atoms with Crippen LogP contribution in [-0.4, -0.2) is 40.1 Å². The first-order chi connectivity index (χ1) is 18.3. The molecule has 0 bridgehead atoms. The third-order valence-corrected chi connectivity index (χ3v) is 7.09. The molecule has 2 aromatic carbocycles. The van der Waals surface area contributed by atoms with Gasteiger partial charge in [-0.25, -0.2) is 33.5 Å². The Morgan fingerprint density at radius 2 is 1.84 bits per heavy atom. The average molecular weight is 530 g/mol. The predicted octanol–water partition coefficient (Wildman–Crippen LogP) is 3.98. The number of nitrogens with one attached hydrogen (secondary N) is 2. The molecule has 0 fully saturated rings. The Labute approximate surface area is 218 Å². The highest BCUT2D eigenvalue weighted by atomic mass is 32.2. The number of aryl methyl sites for hydroxylation is 2.